The van der Waals surface area contributed by atoms with Gasteiger partial charge in [-0.2, -0.15) is 0 Å². The average molecular weight is 371 g/mol. The van der Waals surface area contributed by atoms with Crippen LogP contribution < -0.4 is 4.90 Å². The molecule has 0 bridgehead atoms. The lowest BCUT2D eigenvalue weighted by molar-refractivity contribution is -0.937. The van der Waals surface area contributed by atoms with E-state index in [1.807, 2.05) is 48.5 Å². The van der Waals surface area contributed by atoms with Crippen molar-refractivity contribution < 1.29 is 9.69 Å². The fourth-order valence-electron chi connectivity index (χ4n) is 4.58. The Morgan fingerprint density at radius 3 is 1.71 bits per heavy atom. The summed E-state index contributed by atoms with van der Waals surface area (Å²) in [6.45, 7) is 2.26. The van der Waals surface area contributed by atoms with Gasteiger partial charge in [0.15, 0.2) is 5.78 Å². The van der Waals surface area contributed by atoms with Gasteiger partial charge < -0.3 is 4.90 Å². The Morgan fingerprint density at radius 1 is 0.643 bits per heavy atom. The predicted octanol–water partition coefficient (Wildman–Crippen LogP) is 4.46. The summed E-state index contributed by atoms with van der Waals surface area (Å²) in [6.07, 6.45) is 3.77. The van der Waals surface area contributed by atoms with Crippen LogP contribution in [0.1, 0.15) is 52.7 Å². The summed E-state index contributed by atoms with van der Waals surface area (Å²) in [5.41, 5.74) is 3.18. The Labute approximate surface area is 167 Å². The summed E-state index contributed by atoms with van der Waals surface area (Å²) < 4.78 is 0. The summed E-state index contributed by atoms with van der Waals surface area (Å²) in [5.74, 6) is 0.0397. The molecule has 1 heterocycles. The van der Waals surface area contributed by atoms with Gasteiger partial charge in [0, 0.05) is 11.1 Å². The molecule has 0 saturated carbocycles. The van der Waals surface area contributed by atoms with E-state index in [-0.39, 0.29) is 17.7 Å². The van der Waals surface area contributed by atoms with Gasteiger partial charge in [-0.15, -0.1) is 0 Å². The zero-order valence-electron chi connectivity index (χ0n) is 16.3. The van der Waals surface area contributed by atoms with Crippen molar-refractivity contribution in [3.63, 3.8) is 0 Å². The minimum Gasteiger partial charge on any atom is -0.328 e. The van der Waals surface area contributed by atoms with Crippen LogP contribution in [0.4, 0.5) is 0 Å². The molecule has 0 spiro atoms. The number of hydrogen-bond acceptors (Lipinski definition) is 1. The highest BCUT2D eigenvalue weighted by Gasteiger charge is 2.39. The molecular formula is C26H28NO+. The van der Waals surface area contributed by atoms with Gasteiger partial charge in [-0.25, -0.2) is 0 Å². The first-order valence-corrected chi connectivity index (χ1v) is 10.4. The molecule has 1 aliphatic rings. The van der Waals surface area contributed by atoms with E-state index in [1.165, 1.54) is 29.7 Å². The predicted molar refractivity (Wildman–Crippen MR) is 114 cm³/mol. The Balaban J connectivity index is 1.82. The van der Waals surface area contributed by atoms with Crippen LogP contribution in [0, 0.1) is 0 Å². The van der Waals surface area contributed by atoms with Crippen LogP contribution in [0.3, 0.4) is 0 Å². The number of nitrogens with one attached hydrogen (secondary N) is 1. The monoisotopic (exact) mass is 370 g/mol. The molecule has 1 fully saturated rings. The van der Waals surface area contributed by atoms with Gasteiger partial charge in [0.05, 0.1) is 13.1 Å². The molecule has 0 radical (unpaired) electrons. The fraction of sp³-hybridized carbons (Fsp3) is 0.269. The van der Waals surface area contributed by atoms with Crippen LogP contribution in [0.2, 0.25) is 0 Å². The largest absolute Gasteiger partial charge is 0.328 e. The molecular weight excluding hydrogens is 342 g/mol. The standard InChI is InChI=1S/C26H27NO/c28-26(23-17-9-3-10-18-23)24(21-13-5-1-6-14-21)25(22-15-7-2-8-16-22)27-19-11-4-12-20-27/h1-3,5-10,13-18,24-25H,4,11-12,19-20H2/p+1/t24-,25-/m1/s1. The molecule has 1 aliphatic heterocycles. The molecule has 2 nitrogen and oxygen atoms in total. The van der Waals surface area contributed by atoms with Crippen LogP contribution in [0.5, 0.6) is 0 Å². The zero-order valence-corrected chi connectivity index (χ0v) is 16.3. The lowest BCUT2D eigenvalue weighted by Crippen LogP contribution is -3.13. The van der Waals surface area contributed by atoms with Crippen molar-refractivity contribution in [3.05, 3.63) is 108 Å². The number of rotatable bonds is 6. The first kappa shape index (κ1) is 18.6. The third-order valence-corrected chi connectivity index (χ3v) is 5.93. The van der Waals surface area contributed by atoms with Crippen LogP contribution in [0.15, 0.2) is 91.0 Å². The topological polar surface area (TPSA) is 21.5 Å². The van der Waals surface area contributed by atoms with Gasteiger partial charge in [-0.3, -0.25) is 4.79 Å². The molecule has 1 saturated heterocycles. The van der Waals surface area contributed by atoms with E-state index in [4.69, 9.17) is 0 Å². The van der Waals surface area contributed by atoms with E-state index in [0.29, 0.717) is 0 Å². The number of likely N-dealkylation sites (tertiary alicyclic amines) is 1. The van der Waals surface area contributed by atoms with E-state index in [1.54, 1.807) is 0 Å². The van der Waals surface area contributed by atoms with Gasteiger partial charge in [0.1, 0.15) is 12.0 Å². The number of Topliss-reactive ketones (excluding diaryl/α,β-unsaturated/α-hetero) is 1. The van der Waals surface area contributed by atoms with Crippen molar-refractivity contribution in [3.8, 4) is 0 Å². The SMILES string of the molecule is O=C(c1ccccc1)[C@H](c1ccccc1)[C@@H](c1ccccc1)[NH+]1CCCCC1. The molecule has 142 valence electrons. The summed E-state index contributed by atoms with van der Waals surface area (Å²) >= 11 is 0. The lowest BCUT2D eigenvalue weighted by atomic mass is 9.80. The van der Waals surface area contributed by atoms with Crippen molar-refractivity contribution in [1.29, 1.82) is 0 Å². The molecule has 4 rings (SSSR count). The maximum Gasteiger partial charge on any atom is 0.176 e. The first-order chi connectivity index (χ1) is 13.8. The highest BCUT2D eigenvalue weighted by molar-refractivity contribution is 6.01. The molecule has 3 aromatic rings. The molecule has 0 amide bonds. The molecule has 2 heteroatoms. The van der Waals surface area contributed by atoms with E-state index >= 15 is 0 Å². The van der Waals surface area contributed by atoms with Crippen LogP contribution in [-0.2, 0) is 0 Å². The lowest BCUT2D eigenvalue weighted by Gasteiger charge is -2.36. The number of quaternary nitrogens is 1. The van der Waals surface area contributed by atoms with Crippen molar-refractivity contribution in [2.45, 2.75) is 31.2 Å². The highest BCUT2D eigenvalue weighted by atomic mass is 16.1. The minimum atomic E-state index is -0.181. The molecule has 0 unspecified atom stereocenters. The minimum absolute atomic E-state index is 0.136. The molecule has 0 aromatic heterocycles. The number of piperidine rings is 1. The molecule has 0 aliphatic carbocycles. The summed E-state index contributed by atoms with van der Waals surface area (Å²) in [4.78, 5) is 15.3. The normalized spacial score (nSPS) is 17.0. The Bertz CT molecular complexity index is 870. The molecule has 2 atom stereocenters. The number of hydrogen-bond donors (Lipinski definition) is 1. The maximum absolute atomic E-state index is 13.8. The van der Waals surface area contributed by atoms with Crippen molar-refractivity contribution >= 4 is 5.78 Å². The quantitative estimate of drug-likeness (QED) is 0.636. The van der Waals surface area contributed by atoms with Crippen LogP contribution in [-0.4, -0.2) is 18.9 Å². The zero-order chi connectivity index (χ0) is 19.2. The highest BCUT2D eigenvalue weighted by Crippen LogP contribution is 2.32. The van der Waals surface area contributed by atoms with Crippen molar-refractivity contribution in [2.75, 3.05) is 13.1 Å². The Kier molecular flexibility index (Phi) is 5.98. The smallest absolute Gasteiger partial charge is 0.176 e. The summed E-state index contributed by atoms with van der Waals surface area (Å²) in [7, 11) is 0. The second kappa shape index (κ2) is 8.99. The Hall–Kier alpha value is -2.71. The number of carbonyl (C=O) groups is 1. The van der Waals surface area contributed by atoms with E-state index in [9.17, 15) is 4.79 Å². The Morgan fingerprint density at radius 2 is 1.14 bits per heavy atom. The number of benzene rings is 3. The number of carbonyl (C=O) groups excluding carboxylic acids is 1. The van der Waals surface area contributed by atoms with Gasteiger partial charge in [0.2, 0.25) is 0 Å². The molecule has 1 N–H and O–H groups in total. The van der Waals surface area contributed by atoms with Gasteiger partial charge in [-0.05, 0) is 24.8 Å². The molecule has 3 aromatic carbocycles. The third kappa shape index (κ3) is 4.07. The second-order valence-electron chi connectivity index (χ2n) is 7.73. The fourth-order valence-corrected chi connectivity index (χ4v) is 4.58. The van der Waals surface area contributed by atoms with E-state index in [2.05, 4.69) is 42.5 Å². The first-order valence-electron chi connectivity index (χ1n) is 10.4. The second-order valence-corrected chi connectivity index (χ2v) is 7.73. The average Bonchev–Trinajstić information content (AvgIpc) is 2.79. The maximum atomic E-state index is 13.8. The third-order valence-electron chi connectivity index (χ3n) is 5.93. The van der Waals surface area contributed by atoms with Crippen LogP contribution >= 0.6 is 0 Å². The van der Waals surface area contributed by atoms with Crippen LogP contribution in [0.25, 0.3) is 0 Å². The summed E-state index contributed by atoms with van der Waals surface area (Å²) in [6, 6.07) is 30.9. The van der Waals surface area contributed by atoms with Gasteiger partial charge >= 0.3 is 0 Å². The van der Waals surface area contributed by atoms with E-state index in [0.717, 1.165) is 24.2 Å². The number of ketones is 1. The molecule has 28 heavy (non-hydrogen) atoms. The van der Waals surface area contributed by atoms with Crippen molar-refractivity contribution in [1.82, 2.24) is 0 Å². The van der Waals surface area contributed by atoms with E-state index < -0.39 is 0 Å². The van der Waals surface area contributed by atoms with Crippen molar-refractivity contribution in [2.24, 2.45) is 0 Å². The van der Waals surface area contributed by atoms with Gasteiger partial charge in [0.25, 0.3) is 0 Å². The van der Waals surface area contributed by atoms with Gasteiger partial charge in [-0.1, -0.05) is 91.0 Å². The summed E-state index contributed by atoms with van der Waals surface area (Å²) in [5, 5.41) is 0.